The van der Waals surface area contributed by atoms with Crippen molar-refractivity contribution in [3.05, 3.63) is 88.2 Å². The van der Waals surface area contributed by atoms with E-state index in [1.807, 2.05) is 56.3 Å². The molecule has 5 nitrogen and oxygen atoms in total. The van der Waals surface area contributed by atoms with Crippen LogP contribution in [-0.4, -0.2) is 11.8 Å². The van der Waals surface area contributed by atoms with E-state index in [4.69, 9.17) is 10.5 Å². The van der Waals surface area contributed by atoms with Crippen LogP contribution in [0.3, 0.4) is 0 Å². The van der Waals surface area contributed by atoms with E-state index in [9.17, 15) is 9.59 Å². The molecule has 1 aliphatic rings. The van der Waals surface area contributed by atoms with Gasteiger partial charge in [0.1, 0.15) is 11.9 Å². The number of para-hydroxylation sites is 1. The van der Waals surface area contributed by atoms with E-state index in [2.05, 4.69) is 11.9 Å². The summed E-state index contributed by atoms with van der Waals surface area (Å²) in [6, 6.07) is 12.8. The van der Waals surface area contributed by atoms with Crippen LogP contribution in [0.25, 0.3) is 6.08 Å². The van der Waals surface area contributed by atoms with Gasteiger partial charge in [-0.25, -0.2) is 0 Å². The van der Waals surface area contributed by atoms with Gasteiger partial charge in [-0.05, 0) is 47.9 Å². The Labute approximate surface area is 187 Å². The quantitative estimate of drug-likeness (QED) is 0.560. The average molecular weight is 435 g/mol. The number of fused-ring (bicyclic) bond motifs is 1. The van der Waals surface area contributed by atoms with Crippen LogP contribution < -0.4 is 15.8 Å². The van der Waals surface area contributed by atoms with Crippen molar-refractivity contribution in [2.45, 2.75) is 26.4 Å². The lowest BCUT2D eigenvalue weighted by atomic mass is 9.97. The first-order valence-corrected chi connectivity index (χ1v) is 11.0. The van der Waals surface area contributed by atoms with Crippen molar-refractivity contribution in [1.29, 1.82) is 0 Å². The van der Waals surface area contributed by atoms with Crippen LogP contribution in [-0.2, 0) is 4.79 Å². The molecule has 3 rings (SSSR count). The van der Waals surface area contributed by atoms with Crippen LogP contribution in [0.15, 0.2) is 71.5 Å². The Hall–Kier alpha value is -3.25. The summed E-state index contributed by atoms with van der Waals surface area (Å²) in [4.78, 5) is 26.0. The standard InChI is InChI=1S/C25H26N2O3S/c1-4-18(23(5-2)31-6-3)25(29)27-17-12-13-19(20(15-17)24(26)28)22-14-11-16-9-7-8-10-21(16)30-22/h5-15,18,22H,3-4H2,1-2H3,(H2,26,28)(H,27,29)/b23-5-. The molecule has 3 N–H and O–H groups in total. The molecule has 31 heavy (non-hydrogen) atoms. The lowest BCUT2D eigenvalue weighted by molar-refractivity contribution is -0.118. The van der Waals surface area contributed by atoms with Crippen LogP contribution in [0, 0.1) is 5.92 Å². The average Bonchev–Trinajstić information content (AvgIpc) is 2.78. The summed E-state index contributed by atoms with van der Waals surface area (Å²) in [7, 11) is 0. The molecular formula is C25H26N2O3S. The van der Waals surface area contributed by atoms with Crippen molar-refractivity contribution in [3.63, 3.8) is 0 Å². The second-order valence-electron chi connectivity index (χ2n) is 7.03. The van der Waals surface area contributed by atoms with Crippen molar-refractivity contribution in [3.8, 4) is 5.75 Å². The zero-order chi connectivity index (χ0) is 22.4. The Morgan fingerprint density at radius 1 is 1.29 bits per heavy atom. The van der Waals surface area contributed by atoms with Crippen molar-refractivity contribution in [2.24, 2.45) is 11.7 Å². The third-order valence-corrected chi connectivity index (χ3v) is 6.05. The molecule has 0 aromatic heterocycles. The first kappa shape index (κ1) is 22.4. The predicted molar refractivity (Wildman–Crippen MR) is 128 cm³/mol. The van der Waals surface area contributed by atoms with E-state index < -0.39 is 12.0 Å². The van der Waals surface area contributed by atoms with Crippen molar-refractivity contribution >= 4 is 35.3 Å². The molecule has 2 atom stereocenters. The van der Waals surface area contributed by atoms with Crippen LogP contribution in [0.5, 0.6) is 5.75 Å². The second-order valence-corrected chi connectivity index (χ2v) is 8.07. The Morgan fingerprint density at radius 2 is 2.06 bits per heavy atom. The van der Waals surface area contributed by atoms with Crippen LogP contribution in [0.1, 0.15) is 47.9 Å². The number of hydrogen-bond acceptors (Lipinski definition) is 4. The fraction of sp³-hybridized carbons (Fsp3) is 0.200. The molecule has 2 aromatic rings. The highest BCUT2D eigenvalue weighted by molar-refractivity contribution is 8.05. The molecule has 0 saturated carbocycles. The Morgan fingerprint density at radius 3 is 2.74 bits per heavy atom. The number of amides is 2. The van der Waals surface area contributed by atoms with Gasteiger partial charge in [-0.15, -0.1) is 11.8 Å². The number of thioether (sulfide) groups is 1. The molecule has 160 valence electrons. The van der Waals surface area contributed by atoms with Gasteiger partial charge in [0.05, 0.1) is 5.92 Å². The molecule has 2 unspecified atom stereocenters. The third kappa shape index (κ3) is 5.09. The number of benzene rings is 2. The van der Waals surface area contributed by atoms with Crippen molar-refractivity contribution < 1.29 is 14.3 Å². The van der Waals surface area contributed by atoms with E-state index in [0.29, 0.717) is 23.2 Å². The van der Waals surface area contributed by atoms with Crippen molar-refractivity contribution in [2.75, 3.05) is 5.32 Å². The normalized spacial score (nSPS) is 16.1. The molecule has 0 radical (unpaired) electrons. The van der Waals surface area contributed by atoms with Gasteiger partial charge in [-0.1, -0.05) is 49.9 Å². The maximum Gasteiger partial charge on any atom is 0.249 e. The van der Waals surface area contributed by atoms with Gasteiger partial charge in [0.2, 0.25) is 11.8 Å². The molecule has 2 aromatic carbocycles. The summed E-state index contributed by atoms with van der Waals surface area (Å²) in [6.45, 7) is 7.59. The number of ether oxygens (including phenoxy) is 1. The zero-order valence-corrected chi connectivity index (χ0v) is 18.4. The number of rotatable bonds is 8. The topological polar surface area (TPSA) is 81.4 Å². The Kier molecular flexibility index (Phi) is 7.36. The molecule has 1 aliphatic heterocycles. The lowest BCUT2D eigenvalue weighted by Crippen LogP contribution is -2.24. The molecule has 2 amide bonds. The number of primary amides is 1. The predicted octanol–water partition coefficient (Wildman–Crippen LogP) is 5.68. The number of anilines is 1. The maximum absolute atomic E-state index is 12.9. The highest BCUT2D eigenvalue weighted by Crippen LogP contribution is 2.35. The first-order chi connectivity index (χ1) is 15.0. The van der Waals surface area contributed by atoms with Gasteiger partial charge < -0.3 is 15.8 Å². The van der Waals surface area contributed by atoms with Gasteiger partial charge in [0, 0.05) is 22.4 Å². The van der Waals surface area contributed by atoms with Gasteiger partial charge in [-0.3, -0.25) is 9.59 Å². The molecular weight excluding hydrogens is 408 g/mol. The molecule has 0 spiro atoms. The van der Waals surface area contributed by atoms with Crippen LogP contribution in [0.4, 0.5) is 5.69 Å². The minimum atomic E-state index is -0.578. The molecule has 0 aliphatic carbocycles. The Bertz CT molecular complexity index is 1060. The van der Waals surface area contributed by atoms with Gasteiger partial charge in [0.25, 0.3) is 0 Å². The zero-order valence-electron chi connectivity index (χ0n) is 17.6. The summed E-state index contributed by atoms with van der Waals surface area (Å²) in [5.74, 6) is -0.278. The fourth-order valence-electron chi connectivity index (χ4n) is 3.55. The second kappa shape index (κ2) is 10.2. The van der Waals surface area contributed by atoms with E-state index >= 15 is 0 Å². The van der Waals surface area contributed by atoms with Crippen molar-refractivity contribution in [1.82, 2.24) is 0 Å². The monoisotopic (exact) mass is 434 g/mol. The summed E-state index contributed by atoms with van der Waals surface area (Å²) in [5, 5.41) is 4.62. The number of nitrogens with one attached hydrogen (secondary N) is 1. The van der Waals surface area contributed by atoms with E-state index in [1.165, 1.54) is 11.8 Å². The SMILES string of the molecule is C=CS/C(=C\C)C(CC)C(=O)Nc1ccc(C2C=Cc3ccccc3O2)c(C(N)=O)c1. The van der Waals surface area contributed by atoms with Gasteiger partial charge in [0.15, 0.2) is 0 Å². The third-order valence-electron chi connectivity index (χ3n) is 5.09. The maximum atomic E-state index is 12.9. The van der Waals surface area contributed by atoms with E-state index in [1.54, 1.807) is 23.6 Å². The minimum absolute atomic E-state index is 0.143. The molecule has 6 heteroatoms. The summed E-state index contributed by atoms with van der Waals surface area (Å²) >= 11 is 1.44. The Balaban J connectivity index is 1.85. The number of carbonyl (C=O) groups excluding carboxylic acids is 2. The van der Waals surface area contributed by atoms with E-state index in [-0.39, 0.29) is 11.8 Å². The summed E-state index contributed by atoms with van der Waals surface area (Å²) < 4.78 is 6.06. The van der Waals surface area contributed by atoms with E-state index in [0.717, 1.165) is 16.2 Å². The van der Waals surface area contributed by atoms with Crippen LogP contribution >= 0.6 is 11.8 Å². The number of nitrogens with two attached hydrogens (primary N) is 1. The smallest absolute Gasteiger partial charge is 0.249 e. The molecule has 0 fully saturated rings. The highest BCUT2D eigenvalue weighted by atomic mass is 32.2. The van der Waals surface area contributed by atoms with Gasteiger partial charge >= 0.3 is 0 Å². The fourth-order valence-corrected chi connectivity index (χ4v) is 4.31. The van der Waals surface area contributed by atoms with Gasteiger partial charge in [-0.2, -0.15) is 0 Å². The lowest BCUT2D eigenvalue weighted by Gasteiger charge is -2.24. The summed E-state index contributed by atoms with van der Waals surface area (Å²) in [6.07, 6.45) is 5.98. The first-order valence-electron chi connectivity index (χ1n) is 10.1. The molecule has 0 bridgehead atoms. The van der Waals surface area contributed by atoms with Crippen LogP contribution in [0.2, 0.25) is 0 Å². The molecule has 0 saturated heterocycles. The largest absolute Gasteiger partial charge is 0.481 e. The minimum Gasteiger partial charge on any atom is -0.481 e. The number of carbonyl (C=O) groups is 2. The summed E-state index contributed by atoms with van der Waals surface area (Å²) in [5.41, 5.74) is 8.11. The highest BCUT2D eigenvalue weighted by Gasteiger charge is 2.24. The number of hydrogen-bond donors (Lipinski definition) is 2. The molecule has 1 heterocycles. The number of allylic oxidation sites excluding steroid dienone is 1.